The van der Waals surface area contributed by atoms with Crippen LogP contribution in [0.25, 0.3) is 10.9 Å². The van der Waals surface area contributed by atoms with E-state index in [0.717, 1.165) is 15.7 Å². The third-order valence-corrected chi connectivity index (χ3v) is 5.04. The molecular weight excluding hydrogens is 403 g/mol. The van der Waals surface area contributed by atoms with Crippen LogP contribution in [0.5, 0.6) is 0 Å². The van der Waals surface area contributed by atoms with Crippen molar-refractivity contribution in [3.05, 3.63) is 78.4 Å². The van der Waals surface area contributed by atoms with Gasteiger partial charge in [0.2, 0.25) is 0 Å². The maximum absolute atomic E-state index is 13.0. The van der Waals surface area contributed by atoms with Gasteiger partial charge < -0.3 is 4.74 Å². The third kappa shape index (κ3) is 3.98. The van der Waals surface area contributed by atoms with Gasteiger partial charge in [-0.25, -0.2) is 9.36 Å². The lowest BCUT2D eigenvalue weighted by Crippen LogP contribution is -2.42. The fraction of sp³-hybridized carbons (Fsp3) is 0.250. The molecule has 0 radical (unpaired) electrons. The highest BCUT2D eigenvalue weighted by atomic mass is 35.5. The molecule has 1 heterocycles. The number of ether oxygens (including phenoxy) is 1. The Morgan fingerprint density at radius 1 is 1.04 bits per heavy atom. The van der Waals surface area contributed by atoms with Gasteiger partial charge in [-0.15, -0.1) is 0 Å². The Balaban J connectivity index is 2.22. The first-order chi connectivity index (χ1) is 13.3. The highest BCUT2D eigenvalue weighted by Gasteiger charge is 2.16. The number of benzene rings is 2. The lowest BCUT2D eigenvalue weighted by atomic mass is 10.1. The molecule has 6 nitrogen and oxygen atoms in total. The molecule has 0 aliphatic heterocycles. The molecule has 146 valence electrons. The summed E-state index contributed by atoms with van der Waals surface area (Å²) in [6.45, 7) is 3.39. The van der Waals surface area contributed by atoms with Gasteiger partial charge in [0.1, 0.15) is 6.54 Å². The molecule has 0 amide bonds. The van der Waals surface area contributed by atoms with Crippen LogP contribution in [-0.2, 0) is 22.6 Å². The van der Waals surface area contributed by atoms with Gasteiger partial charge in [-0.2, -0.15) is 0 Å². The van der Waals surface area contributed by atoms with Crippen molar-refractivity contribution in [1.82, 2.24) is 9.13 Å². The van der Waals surface area contributed by atoms with Crippen molar-refractivity contribution in [2.45, 2.75) is 26.9 Å². The maximum atomic E-state index is 13.0. The summed E-state index contributed by atoms with van der Waals surface area (Å²) >= 11 is 12.0. The van der Waals surface area contributed by atoms with Crippen LogP contribution in [0, 0.1) is 6.92 Å². The largest absolute Gasteiger partial charge is 0.465 e. The molecule has 1 aromatic heterocycles. The van der Waals surface area contributed by atoms with Gasteiger partial charge in [0.25, 0.3) is 5.56 Å². The standard InChI is InChI=1S/C20H18Cl2N2O4/c1-3-28-18(25)11-24-19(26)14-8-12(2)4-7-17(14)23(20(24)27)10-13-5-6-15(21)16(22)9-13/h4-9H,3,10-11H2,1-2H3. The number of hydrogen-bond donors (Lipinski definition) is 0. The summed E-state index contributed by atoms with van der Waals surface area (Å²) in [5.41, 5.74) is 0.959. The van der Waals surface area contributed by atoms with Gasteiger partial charge in [0, 0.05) is 0 Å². The topological polar surface area (TPSA) is 70.3 Å². The fourth-order valence-corrected chi connectivity index (χ4v) is 3.31. The van der Waals surface area contributed by atoms with E-state index in [4.69, 9.17) is 27.9 Å². The molecular formula is C20H18Cl2N2O4. The van der Waals surface area contributed by atoms with Gasteiger partial charge >= 0.3 is 11.7 Å². The first-order valence-corrected chi connectivity index (χ1v) is 9.41. The second kappa shape index (κ2) is 8.20. The number of carbonyl (C=O) groups excluding carboxylic acids is 1. The maximum Gasteiger partial charge on any atom is 0.332 e. The molecule has 0 atom stereocenters. The number of hydrogen-bond acceptors (Lipinski definition) is 4. The van der Waals surface area contributed by atoms with Crippen LogP contribution in [0.1, 0.15) is 18.1 Å². The molecule has 28 heavy (non-hydrogen) atoms. The Labute approximate surface area is 170 Å². The minimum atomic E-state index is -0.644. The van der Waals surface area contributed by atoms with E-state index in [0.29, 0.717) is 20.9 Å². The highest BCUT2D eigenvalue weighted by molar-refractivity contribution is 6.42. The summed E-state index contributed by atoms with van der Waals surface area (Å²) in [5, 5.41) is 1.13. The zero-order valence-corrected chi connectivity index (χ0v) is 16.9. The minimum absolute atomic E-state index is 0.164. The summed E-state index contributed by atoms with van der Waals surface area (Å²) < 4.78 is 7.24. The summed E-state index contributed by atoms with van der Waals surface area (Å²) in [4.78, 5) is 37.8. The van der Waals surface area contributed by atoms with E-state index in [1.807, 2.05) is 13.0 Å². The van der Waals surface area contributed by atoms with Crippen LogP contribution in [0.15, 0.2) is 46.0 Å². The van der Waals surface area contributed by atoms with Crippen molar-refractivity contribution in [2.24, 2.45) is 0 Å². The molecule has 8 heteroatoms. The summed E-state index contributed by atoms with van der Waals surface area (Å²) in [5.74, 6) is -0.644. The Morgan fingerprint density at radius 3 is 2.46 bits per heavy atom. The average Bonchev–Trinajstić information content (AvgIpc) is 2.65. The van der Waals surface area contributed by atoms with Crippen molar-refractivity contribution in [1.29, 1.82) is 0 Å². The van der Waals surface area contributed by atoms with Crippen molar-refractivity contribution in [3.63, 3.8) is 0 Å². The lowest BCUT2D eigenvalue weighted by Gasteiger charge is -2.14. The molecule has 0 aliphatic rings. The normalized spacial score (nSPS) is 11.0. The van der Waals surface area contributed by atoms with Gasteiger partial charge in [-0.05, 0) is 43.7 Å². The van der Waals surface area contributed by atoms with Crippen LogP contribution in [-0.4, -0.2) is 21.7 Å². The molecule has 3 aromatic rings. The SMILES string of the molecule is CCOC(=O)Cn1c(=O)c2cc(C)ccc2n(Cc2ccc(Cl)c(Cl)c2)c1=O. The first-order valence-electron chi connectivity index (χ1n) is 8.65. The summed E-state index contributed by atoms with van der Waals surface area (Å²) in [7, 11) is 0. The smallest absolute Gasteiger partial charge is 0.332 e. The summed E-state index contributed by atoms with van der Waals surface area (Å²) in [6, 6.07) is 10.3. The number of nitrogens with zero attached hydrogens (tertiary/aromatic N) is 2. The molecule has 0 aliphatic carbocycles. The van der Waals surface area contributed by atoms with Gasteiger partial charge in [0.15, 0.2) is 0 Å². The second-order valence-corrected chi connectivity index (χ2v) is 7.15. The molecule has 0 N–H and O–H groups in total. The number of carbonyl (C=O) groups is 1. The molecule has 0 fully saturated rings. The molecule has 3 rings (SSSR count). The second-order valence-electron chi connectivity index (χ2n) is 6.33. The lowest BCUT2D eigenvalue weighted by molar-refractivity contribution is -0.143. The fourth-order valence-electron chi connectivity index (χ4n) is 2.99. The van der Waals surface area contributed by atoms with E-state index < -0.39 is 23.8 Å². The van der Waals surface area contributed by atoms with Gasteiger partial charge in [0.05, 0.1) is 34.1 Å². The molecule has 0 spiro atoms. The quantitative estimate of drug-likeness (QED) is 0.593. The van der Waals surface area contributed by atoms with Crippen LogP contribution in [0.4, 0.5) is 0 Å². The van der Waals surface area contributed by atoms with E-state index in [-0.39, 0.29) is 13.2 Å². The minimum Gasteiger partial charge on any atom is -0.465 e. The zero-order chi connectivity index (χ0) is 20.4. The van der Waals surface area contributed by atoms with E-state index in [2.05, 4.69) is 0 Å². The molecule has 0 unspecified atom stereocenters. The van der Waals surface area contributed by atoms with Crippen LogP contribution >= 0.6 is 23.2 Å². The number of rotatable bonds is 5. The van der Waals surface area contributed by atoms with Crippen LogP contribution in [0.2, 0.25) is 10.0 Å². The number of esters is 1. The van der Waals surface area contributed by atoms with E-state index in [9.17, 15) is 14.4 Å². The van der Waals surface area contributed by atoms with Gasteiger partial charge in [-0.1, -0.05) is 40.9 Å². The number of aryl methyl sites for hydroxylation is 1. The predicted molar refractivity (Wildman–Crippen MR) is 109 cm³/mol. The third-order valence-electron chi connectivity index (χ3n) is 4.30. The molecule has 2 aromatic carbocycles. The zero-order valence-electron chi connectivity index (χ0n) is 15.4. The Hall–Kier alpha value is -2.57. The van der Waals surface area contributed by atoms with Crippen molar-refractivity contribution in [3.8, 4) is 0 Å². The highest BCUT2D eigenvalue weighted by Crippen LogP contribution is 2.23. The van der Waals surface area contributed by atoms with E-state index in [1.165, 1.54) is 4.57 Å². The molecule has 0 saturated heterocycles. The number of halogens is 2. The van der Waals surface area contributed by atoms with Crippen molar-refractivity contribution in [2.75, 3.05) is 6.61 Å². The van der Waals surface area contributed by atoms with Crippen molar-refractivity contribution < 1.29 is 9.53 Å². The molecule has 0 saturated carbocycles. The van der Waals surface area contributed by atoms with Crippen LogP contribution in [0.3, 0.4) is 0 Å². The average molecular weight is 421 g/mol. The number of aromatic nitrogens is 2. The Morgan fingerprint density at radius 2 is 1.79 bits per heavy atom. The summed E-state index contributed by atoms with van der Waals surface area (Å²) in [6.07, 6.45) is 0. The van der Waals surface area contributed by atoms with Crippen LogP contribution < -0.4 is 11.2 Å². The number of fused-ring (bicyclic) bond motifs is 1. The van der Waals surface area contributed by atoms with E-state index in [1.54, 1.807) is 37.3 Å². The Kier molecular flexibility index (Phi) is 5.91. The first kappa shape index (κ1) is 20.2. The van der Waals surface area contributed by atoms with Crippen molar-refractivity contribution >= 4 is 40.1 Å². The molecule has 0 bridgehead atoms. The predicted octanol–water partition coefficient (Wildman–Crippen LogP) is 3.39. The van der Waals surface area contributed by atoms with E-state index >= 15 is 0 Å². The Bertz CT molecular complexity index is 1180. The van der Waals surface area contributed by atoms with Gasteiger partial charge in [-0.3, -0.25) is 14.2 Å². The monoisotopic (exact) mass is 420 g/mol.